The van der Waals surface area contributed by atoms with Gasteiger partial charge in [0.05, 0.1) is 16.8 Å². The van der Waals surface area contributed by atoms with Crippen LogP contribution >= 0.6 is 0 Å². The van der Waals surface area contributed by atoms with Crippen molar-refractivity contribution in [1.82, 2.24) is 0 Å². The Hall–Kier alpha value is -8.72. The molecule has 0 saturated heterocycles. The van der Waals surface area contributed by atoms with Crippen LogP contribution in [0.1, 0.15) is 39.3 Å². The third-order valence-electron chi connectivity index (χ3n) is 15.6. The summed E-state index contributed by atoms with van der Waals surface area (Å²) in [5.41, 5.74) is 19.3. The van der Waals surface area contributed by atoms with E-state index in [0.29, 0.717) is 0 Å². The van der Waals surface area contributed by atoms with E-state index in [4.69, 9.17) is 4.74 Å². The highest BCUT2D eigenvalue weighted by Gasteiger charge is 2.52. The molecule has 2 unspecified atom stereocenters. The third-order valence-corrected chi connectivity index (χ3v) is 15.6. The van der Waals surface area contributed by atoms with E-state index in [-0.39, 0.29) is 12.0 Å². The molecule has 2 nitrogen and oxygen atoms in total. The number of ether oxygens (including phenoxy) is 1. The molecule has 11 aromatic rings. The van der Waals surface area contributed by atoms with Gasteiger partial charge >= 0.3 is 0 Å². The van der Waals surface area contributed by atoms with Crippen LogP contribution in [-0.2, 0) is 5.41 Å². The third kappa shape index (κ3) is 5.37. The zero-order chi connectivity index (χ0) is 45.2. The molecular formula is C67H43NO. The number of anilines is 3. The molecule has 69 heavy (non-hydrogen) atoms. The first-order valence-electron chi connectivity index (χ1n) is 24.1. The average Bonchev–Trinajstić information content (AvgIpc) is 4.04. The minimum absolute atomic E-state index is 0.0958. The number of fused-ring (bicyclic) bond motifs is 17. The second kappa shape index (κ2) is 14.6. The number of nitrogens with zero attached hydrogens (tertiary/aromatic N) is 1. The summed E-state index contributed by atoms with van der Waals surface area (Å²) in [4.78, 5) is 2.53. The van der Waals surface area contributed by atoms with Gasteiger partial charge in [-0.25, -0.2) is 0 Å². The average molecular weight is 878 g/mol. The lowest BCUT2D eigenvalue weighted by atomic mass is 9.70. The van der Waals surface area contributed by atoms with Crippen molar-refractivity contribution in [3.05, 3.63) is 282 Å². The van der Waals surface area contributed by atoms with Crippen LogP contribution in [0.3, 0.4) is 0 Å². The lowest BCUT2D eigenvalue weighted by Gasteiger charge is -2.33. The quantitative estimate of drug-likeness (QED) is 0.160. The number of hydrogen-bond acceptors (Lipinski definition) is 2. The Morgan fingerprint density at radius 1 is 0.406 bits per heavy atom. The normalized spacial score (nSPS) is 16.4. The fourth-order valence-electron chi connectivity index (χ4n) is 12.8. The van der Waals surface area contributed by atoms with Crippen LogP contribution in [0.25, 0.3) is 71.3 Å². The van der Waals surface area contributed by atoms with Gasteiger partial charge < -0.3 is 9.64 Å². The van der Waals surface area contributed by atoms with Gasteiger partial charge in [-0.1, -0.05) is 212 Å². The van der Waals surface area contributed by atoms with E-state index in [9.17, 15) is 0 Å². The summed E-state index contributed by atoms with van der Waals surface area (Å²) in [6.07, 6.45) is 6.67. The van der Waals surface area contributed by atoms with Gasteiger partial charge in [0, 0.05) is 33.9 Å². The minimum atomic E-state index is -0.473. The summed E-state index contributed by atoms with van der Waals surface area (Å²) in [5.74, 6) is 1.06. The molecule has 0 bridgehead atoms. The van der Waals surface area contributed by atoms with Crippen LogP contribution < -0.4 is 9.64 Å². The van der Waals surface area contributed by atoms with Crippen molar-refractivity contribution in [2.45, 2.75) is 17.4 Å². The molecule has 0 fully saturated rings. The topological polar surface area (TPSA) is 12.5 Å². The fraction of sp³-hybridized carbons (Fsp3) is 0.0448. The van der Waals surface area contributed by atoms with E-state index in [0.717, 1.165) is 28.4 Å². The highest BCUT2D eigenvalue weighted by Crippen LogP contribution is 2.65. The zero-order valence-corrected chi connectivity index (χ0v) is 37.7. The Morgan fingerprint density at radius 2 is 0.986 bits per heavy atom. The fourth-order valence-corrected chi connectivity index (χ4v) is 12.8. The number of hydrogen-bond donors (Lipinski definition) is 0. The second-order valence-corrected chi connectivity index (χ2v) is 19.0. The molecule has 1 spiro atoms. The molecule has 1 heterocycles. The van der Waals surface area contributed by atoms with E-state index >= 15 is 0 Å². The molecule has 322 valence electrons. The van der Waals surface area contributed by atoms with Gasteiger partial charge in [-0.15, -0.1) is 0 Å². The summed E-state index contributed by atoms with van der Waals surface area (Å²) >= 11 is 0. The summed E-state index contributed by atoms with van der Waals surface area (Å²) in [6.45, 7) is 0. The molecular weight excluding hydrogens is 835 g/mol. The summed E-state index contributed by atoms with van der Waals surface area (Å²) < 4.78 is 7.07. The smallest absolute Gasteiger partial charge is 0.135 e. The van der Waals surface area contributed by atoms with Crippen molar-refractivity contribution in [3.8, 4) is 39.1 Å². The van der Waals surface area contributed by atoms with Gasteiger partial charge in [-0.05, 0) is 119 Å². The monoisotopic (exact) mass is 877 g/mol. The summed E-state index contributed by atoms with van der Waals surface area (Å²) in [7, 11) is 0. The molecule has 0 radical (unpaired) electrons. The van der Waals surface area contributed by atoms with Gasteiger partial charge in [0.15, 0.2) is 0 Å². The number of rotatable bonds is 5. The Kier molecular flexibility index (Phi) is 8.15. The van der Waals surface area contributed by atoms with Gasteiger partial charge in [0.2, 0.25) is 0 Å². The molecule has 2 atom stereocenters. The van der Waals surface area contributed by atoms with E-state index in [1.807, 2.05) is 0 Å². The molecule has 3 aliphatic carbocycles. The van der Waals surface area contributed by atoms with Crippen molar-refractivity contribution < 1.29 is 4.74 Å². The van der Waals surface area contributed by atoms with Gasteiger partial charge in [-0.3, -0.25) is 0 Å². The SMILES string of the molecule is C1=CC2c3cc4ccccc4cc3OC2C(c2ccccc2N(c2ccc(-c3cccc4c3ccc3ccccc34)cc2)c2cccc3c2-c2ccccc2C32c3ccccc3-c3ccccc32)=C1. The molecule has 11 aromatic carbocycles. The first-order chi connectivity index (χ1) is 34.2. The minimum Gasteiger partial charge on any atom is -0.484 e. The lowest BCUT2D eigenvalue weighted by Crippen LogP contribution is -2.26. The molecule has 2 heteroatoms. The first kappa shape index (κ1) is 38.4. The van der Waals surface area contributed by atoms with Crippen molar-refractivity contribution in [1.29, 1.82) is 0 Å². The summed E-state index contributed by atoms with van der Waals surface area (Å²) in [5, 5.41) is 7.48. The molecule has 1 aliphatic heterocycles. The number of allylic oxidation sites excluding steroid dienone is 2. The predicted octanol–water partition coefficient (Wildman–Crippen LogP) is 17.1. The van der Waals surface area contributed by atoms with Crippen LogP contribution in [0, 0.1) is 0 Å². The van der Waals surface area contributed by atoms with Crippen LogP contribution in [0.4, 0.5) is 17.1 Å². The highest BCUT2D eigenvalue weighted by molar-refractivity contribution is 6.12. The van der Waals surface area contributed by atoms with E-state index in [1.165, 1.54) is 99.1 Å². The number of para-hydroxylation sites is 1. The predicted molar refractivity (Wildman–Crippen MR) is 286 cm³/mol. The second-order valence-electron chi connectivity index (χ2n) is 19.0. The Bertz CT molecular complexity index is 3980. The molecule has 0 amide bonds. The van der Waals surface area contributed by atoms with Gasteiger partial charge in [0.1, 0.15) is 11.9 Å². The highest BCUT2D eigenvalue weighted by atomic mass is 16.5. The molecule has 4 aliphatic rings. The number of benzene rings is 11. The maximum absolute atomic E-state index is 7.07. The Labute approximate surface area is 401 Å². The maximum Gasteiger partial charge on any atom is 0.135 e. The van der Waals surface area contributed by atoms with Gasteiger partial charge in [0.25, 0.3) is 0 Å². The lowest BCUT2D eigenvalue weighted by molar-refractivity contribution is 0.278. The van der Waals surface area contributed by atoms with Crippen LogP contribution in [0.15, 0.2) is 249 Å². The molecule has 15 rings (SSSR count). The van der Waals surface area contributed by atoms with E-state index in [1.54, 1.807) is 0 Å². The standard InChI is InChI=1S/C67H43NO/c1-2-18-45-41-64-57(40-44(45)17-1)55-27-14-26-54(66(55)69-64)53-22-8-12-32-62(53)68(46-37-34-43(35-38-46)48-24-13-25-49-47-19-4-3-16-42(47)36-39-50(48)49)63-33-15-31-61-65(63)56-23-7-11-30-60(56)67(61)58-28-9-5-20-51(58)52-21-6-10-29-59(52)67/h1-41,55,66H. The van der Waals surface area contributed by atoms with Crippen molar-refractivity contribution in [2.24, 2.45) is 0 Å². The van der Waals surface area contributed by atoms with E-state index in [2.05, 4.69) is 254 Å². The maximum atomic E-state index is 7.07. The molecule has 0 N–H and O–H groups in total. The summed E-state index contributed by atoms with van der Waals surface area (Å²) in [6, 6.07) is 85.7. The van der Waals surface area contributed by atoms with Crippen LogP contribution in [0.5, 0.6) is 5.75 Å². The van der Waals surface area contributed by atoms with Gasteiger partial charge in [-0.2, -0.15) is 0 Å². The zero-order valence-electron chi connectivity index (χ0n) is 37.7. The first-order valence-corrected chi connectivity index (χ1v) is 24.1. The van der Waals surface area contributed by atoms with Crippen molar-refractivity contribution >= 4 is 55.0 Å². The van der Waals surface area contributed by atoms with Crippen LogP contribution in [-0.4, -0.2) is 6.10 Å². The van der Waals surface area contributed by atoms with Crippen molar-refractivity contribution in [3.63, 3.8) is 0 Å². The Morgan fingerprint density at radius 3 is 1.77 bits per heavy atom. The van der Waals surface area contributed by atoms with Crippen molar-refractivity contribution in [2.75, 3.05) is 4.90 Å². The largest absolute Gasteiger partial charge is 0.484 e. The molecule has 0 aromatic heterocycles. The Balaban J connectivity index is 0.949. The molecule has 0 saturated carbocycles. The van der Waals surface area contributed by atoms with E-state index < -0.39 is 5.41 Å². The van der Waals surface area contributed by atoms with Crippen LogP contribution in [0.2, 0.25) is 0 Å².